The number of alkyl halides is 4. The van der Waals surface area contributed by atoms with Gasteiger partial charge in [-0.2, -0.15) is 8.78 Å². The van der Waals surface area contributed by atoms with Gasteiger partial charge in [0.05, 0.1) is 0 Å². The molecule has 1 heterocycles. The molecule has 2 rings (SSSR count). The number of carbonyl (C=O) groups excluding carboxylic acids is 1. The van der Waals surface area contributed by atoms with E-state index in [2.05, 4.69) is 0 Å². The molecule has 1 aliphatic rings. The van der Waals surface area contributed by atoms with E-state index < -0.39 is 18.3 Å². The van der Waals surface area contributed by atoms with Crippen molar-refractivity contribution in [2.45, 2.75) is 25.2 Å². The highest BCUT2D eigenvalue weighted by Crippen LogP contribution is 2.27. The fraction of sp³-hybridized carbons (Fsp3) is 0.462. The van der Waals surface area contributed by atoms with Crippen LogP contribution in [0, 0.1) is 0 Å². The quantitative estimate of drug-likeness (QED) is 0.864. The lowest BCUT2D eigenvalue weighted by molar-refractivity contribution is -0.163. The van der Waals surface area contributed by atoms with Crippen LogP contribution in [-0.4, -0.2) is 31.3 Å². The number of nitrogens with zero attached hydrogens (tertiary/aromatic N) is 1. The largest absolute Gasteiger partial charge is 0.383 e. The number of rotatable bonds is 4. The molecule has 0 atom stereocenters. The first-order valence-corrected chi connectivity index (χ1v) is 6.23. The van der Waals surface area contributed by atoms with Crippen molar-refractivity contribution < 1.29 is 22.4 Å². The van der Waals surface area contributed by atoms with Gasteiger partial charge in [0.25, 0.3) is 0 Å². The smallest absolute Gasteiger partial charge is 0.371 e. The highest BCUT2D eigenvalue weighted by Gasteiger charge is 2.48. The zero-order chi connectivity index (χ0) is 14.8. The summed E-state index contributed by atoms with van der Waals surface area (Å²) >= 11 is 0. The maximum atomic E-state index is 12.9. The summed E-state index contributed by atoms with van der Waals surface area (Å²) in [5.74, 6) is -6.69. The Morgan fingerprint density at radius 3 is 2.50 bits per heavy atom. The zero-order valence-electron chi connectivity index (χ0n) is 10.6. The topological polar surface area (TPSA) is 32.3 Å². The van der Waals surface area contributed by atoms with Gasteiger partial charge >= 0.3 is 18.3 Å². The number of benzene rings is 1. The molecule has 1 aromatic carbocycles. The molecule has 1 aromatic rings. The average molecular weight is 290 g/mol. The number of halogens is 4. The Hall–Kier alpha value is -1.79. The molecule has 0 saturated carbocycles. The average Bonchev–Trinajstić information content (AvgIpc) is 2.92. The van der Waals surface area contributed by atoms with E-state index in [1.54, 1.807) is 12.1 Å². The minimum absolute atomic E-state index is 0.0831. The molecule has 1 fully saturated rings. The SMILES string of the molecule is O=C(Nc1cccc(N2CCCC2)c1)C(F)(F)C(F)F. The Morgan fingerprint density at radius 2 is 1.90 bits per heavy atom. The standard InChI is InChI=1S/C13H14F4N2O/c14-11(15)13(16,17)12(20)18-9-4-3-5-10(8-9)19-6-1-2-7-19/h3-5,8,11H,1-2,6-7H2,(H,18,20). The molecule has 0 unspecified atom stereocenters. The summed E-state index contributed by atoms with van der Waals surface area (Å²) in [5.41, 5.74) is 0.861. The number of amides is 1. The Kier molecular flexibility index (Phi) is 4.15. The molecule has 7 heteroatoms. The molecule has 1 N–H and O–H groups in total. The Bertz CT molecular complexity index is 487. The molecule has 3 nitrogen and oxygen atoms in total. The van der Waals surface area contributed by atoms with Crippen molar-refractivity contribution in [2.24, 2.45) is 0 Å². The zero-order valence-corrected chi connectivity index (χ0v) is 10.6. The van der Waals surface area contributed by atoms with Gasteiger partial charge in [0.15, 0.2) is 0 Å². The van der Waals surface area contributed by atoms with Gasteiger partial charge in [-0.3, -0.25) is 4.79 Å². The van der Waals surface area contributed by atoms with Crippen molar-refractivity contribution in [3.05, 3.63) is 24.3 Å². The van der Waals surface area contributed by atoms with E-state index in [9.17, 15) is 22.4 Å². The molecule has 0 bridgehead atoms. The summed E-state index contributed by atoms with van der Waals surface area (Å²) in [6, 6.07) is 6.26. The summed E-state index contributed by atoms with van der Waals surface area (Å²) in [6.45, 7) is 1.70. The molecule has 20 heavy (non-hydrogen) atoms. The summed E-state index contributed by atoms with van der Waals surface area (Å²) in [5, 5.41) is 1.83. The fourth-order valence-corrected chi connectivity index (χ4v) is 2.07. The normalized spacial score (nSPS) is 15.8. The third-order valence-electron chi connectivity index (χ3n) is 3.15. The number of hydrogen-bond acceptors (Lipinski definition) is 2. The third-order valence-corrected chi connectivity index (χ3v) is 3.15. The predicted octanol–water partition coefficient (Wildman–Crippen LogP) is 3.13. The number of hydrogen-bond donors (Lipinski definition) is 1. The highest BCUT2D eigenvalue weighted by molar-refractivity contribution is 5.96. The van der Waals surface area contributed by atoms with Crippen LogP contribution in [0.4, 0.5) is 28.9 Å². The van der Waals surface area contributed by atoms with Crippen LogP contribution < -0.4 is 10.2 Å². The van der Waals surface area contributed by atoms with E-state index in [0.29, 0.717) is 0 Å². The van der Waals surface area contributed by atoms with Crippen LogP contribution >= 0.6 is 0 Å². The van der Waals surface area contributed by atoms with Crippen molar-refractivity contribution in [3.63, 3.8) is 0 Å². The number of anilines is 2. The Labute approximate surface area is 113 Å². The third kappa shape index (κ3) is 3.02. The van der Waals surface area contributed by atoms with Crippen molar-refractivity contribution >= 4 is 17.3 Å². The minimum atomic E-state index is -4.69. The van der Waals surface area contributed by atoms with Crippen molar-refractivity contribution in [2.75, 3.05) is 23.3 Å². The molecule has 110 valence electrons. The Balaban J connectivity index is 2.10. The molecular formula is C13H14F4N2O. The molecular weight excluding hydrogens is 276 g/mol. The van der Waals surface area contributed by atoms with E-state index in [4.69, 9.17) is 0 Å². The minimum Gasteiger partial charge on any atom is -0.371 e. The first-order valence-electron chi connectivity index (χ1n) is 6.23. The summed E-state index contributed by atoms with van der Waals surface area (Å²) in [6.07, 6.45) is -1.94. The second-order valence-electron chi connectivity index (χ2n) is 4.62. The van der Waals surface area contributed by atoms with E-state index in [1.165, 1.54) is 12.1 Å². The van der Waals surface area contributed by atoms with Gasteiger partial charge < -0.3 is 10.2 Å². The first kappa shape index (κ1) is 14.6. The van der Waals surface area contributed by atoms with E-state index in [0.717, 1.165) is 31.6 Å². The van der Waals surface area contributed by atoms with Crippen molar-refractivity contribution in [1.82, 2.24) is 0 Å². The van der Waals surface area contributed by atoms with E-state index >= 15 is 0 Å². The van der Waals surface area contributed by atoms with Gasteiger partial charge in [0, 0.05) is 24.5 Å². The predicted molar refractivity (Wildman–Crippen MR) is 67.5 cm³/mol. The van der Waals surface area contributed by atoms with E-state index in [-0.39, 0.29) is 5.69 Å². The van der Waals surface area contributed by atoms with Gasteiger partial charge in [0.1, 0.15) is 0 Å². The van der Waals surface area contributed by atoms with Crippen LogP contribution in [0.1, 0.15) is 12.8 Å². The second kappa shape index (κ2) is 5.68. The van der Waals surface area contributed by atoms with Crippen LogP contribution in [-0.2, 0) is 4.79 Å². The van der Waals surface area contributed by atoms with Crippen LogP contribution in [0.2, 0.25) is 0 Å². The molecule has 1 aliphatic heterocycles. The van der Waals surface area contributed by atoms with Crippen LogP contribution in [0.3, 0.4) is 0 Å². The molecule has 1 saturated heterocycles. The number of nitrogens with one attached hydrogen (secondary N) is 1. The fourth-order valence-electron chi connectivity index (χ4n) is 2.07. The van der Waals surface area contributed by atoms with Gasteiger partial charge in [0.2, 0.25) is 0 Å². The first-order chi connectivity index (χ1) is 9.41. The van der Waals surface area contributed by atoms with Gasteiger partial charge in [-0.05, 0) is 31.0 Å². The summed E-state index contributed by atoms with van der Waals surface area (Å²) < 4.78 is 49.9. The van der Waals surface area contributed by atoms with Gasteiger partial charge in [-0.25, -0.2) is 8.78 Å². The highest BCUT2D eigenvalue weighted by atomic mass is 19.3. The van der Waals surface area contributed by atoms with Crippen LogP contribution in [0.15, 0.2) is 24.3 Å². The van der Waals surface area contributed by atoms with Crippen LogP contribution in [0.25, 0.3) is 0 Å². The lowest BCUT2D eigenvalue weighted by Gasteiger charge is -2.19. The molecule has 0 aliphatic carbocycles. The van der Waals surface area contributed by atoms with E-state index in [1.807, 2.05) is 10.2 Å². The molecule has 1 amide bonds. The maximum absolute atomic E-state index is 12.9. The van der Waals surface area contributed by atoms with Gasteiger partial charge in [-0.1, -0.05) is 6.07 Å². The molecule has 0 spiro atoms. The summed E-state index contributed by atoms with van der Waals surface area (Å²) in [4.78, 5) is 13.2. The number of carbonyl (C=O) groups is 1. The van der Waals surface area contributed by atoms with Crippen LogP contribution in [0.5, 0.6) is 0 Å². The molecule has 0 radical (unpaired) electrons. The van der Waals surface area contributed by atoms with Gasteiger partial charge in [-0.15, -0.1) is 0 Å². The lowest BCUT2D eigenvalue weighted by Crippen LogP contribution is -2.41. The Morgan fingerprint density at radius 1 is 1.25 bits per heavy atom. The lowest BCUT2D eigenvalue weighted by atomic mass is 10.2. The second-order valence-corrected chi connectivity index (χ2v) is 4.62. The van der Waals surface area contributed by atoms with Crippen molar-refractivity contribution in [3.8, 4) is 0 Å². The maximum Gasteiger partial charge on any atom is 0.383 e. The van der Waals surface area contributed by atoms with Crippen molar-refractivity contribution in [1.29, 1.82) is 0 Å². The summed E-state index contributed by atoms with van der Waals surface area (Å²) in [7, 11) is 0. The monoisotopic (exact) mass is 290 g/mol. The molecule has 0 aromatic heterocycles.